The van der Waals surface area contributed by atoms with Crippen LogP contribution in [0.25, 0.3) is 22.2 Å². The highest BCUT2D eigenvalue weighted by Crippen LogP contribution is 2.31. The number of nitrogens with zero attached hydrogens (tertiary/aromatic N) is 3. The highest BCUT2D eigenvalue weighted by Gasteiger charge is 2.14. The van der Waals surface area contributed by atoms with Crippen LogP contribution in [0, 0.1) is 17.4 Å². The van der Waals surface area contributed by atoms with Crippen molar-refractivity contribution in [2.24, 2.45) is 7.05 Å². The summed E-state index contributed by atoms with van der Waals surface area (Å²) in [5, 5.41) is 4.00. The number of hydrogen-bond acceptors (Lipinski definition) is 3. The molecule has 0 fully saturated rings. The van der Waals surface area contributed by atoms with E-state index < -0.39 is 0 Å². The highest BCUT2D eigenvalue weighted by molar-refractivity contribution is 14.1. The molecule has 18 heavy (non-hydrogen) atoms. The summed E-state index contributed by atoms with van der Waals surface area (Å²) in [6.45, 7) is 3.89. The summed E-state index contributed by atoms with van der Waals surface area (Å²) < 4.78 is 8.45. The molecule has 0 spiro atoms. The van der Waals surface area contributed by atoms with E-state index in [4.69, 9.17) is 4.52 Å². The second kappa shape index (κ2) is 4.08. The fourth-order valence-electron chi connectivity index (χ4n) is 2.28. The van der Waals surface area contributed by atoms with E-state index in [-0.39, 0.29) is 0 Å². The van der Waals surface area contributed by atoms with Gasteiger partial charge in [0.25, 0.3) is 0 Å². The van der Waals surface area contributed by atoms with Crippen molar-refractivity contribution >= 4 is 33.6 Å². The molecule has 0 bridgehead atoms. The Hall–Kier alpha value is -1.37. The lowest BCUT2D eigenvalue weighted by atomic mass is 10.0. The van der Waals surface area contributed by atoms with Crippen molar-refractivity contribution < 1.29 is 4.52 Å². The zero-order valence-electron chi connectivity index (χ0n) is 10.4. The van der Waals surface area contributed by atoms with Crippen LogP contribution in [-0.2, 0) is 7.05 Å². The molecule has 0 saturated heterocycles. The number of fused-ring (bicyclic) bond motifs is 1. The minimum Gasteiger partial charge on any atom is -0.361 e. The average molecular weight is 353 g/mol. The zero-order valence-corrected chi connectivity index (χ0v) is 12.5. The van der Waals surface area contributed by atoms with E-state index >= 15 is 0 Å². The summed E-state index contributed by atoms with van der Waals surface area (Å²) in [6, 6.07) is 4.24. The summed E-state index contributed by atoms with van der Waals surface area (Å²) >= 11 is 2.34. The number of imidazole rings is 1. The molecule has 0 saturated carbocycles. The van der Waals surface area contributed by atoms with Gasteiger partial charge in [-0.1, -0.05) is 5.16 Å². The number of aromatic nitrogens is 3. The van der Waals surface area contributed by atoms with Gasteiger partial charge in [-0.25, -0.2) is 4.98 Å². The van der Waals surface area contributed by atoms with Gasteiger partial charge in [0.15, 0.2) is 0 Å². The molecule has 3 aromatic rings. The Labute approximate surface area is 118 Å². The van der Waals surface area contributed by atoms with Gasteiger partial charge in [-0.05, 0) is 54.1 Å². The topological polar surface area (TPSA) is 43.9 Å². The maximum Gasteiger partial charge on any atom is 0.141 e. The van der Waals surface area contributed by atoms with Gasteiger partial charge >= 0.3 is 0 Å². The molecule has 5 heteroatoms. The van der Waals surface area contributed by atoms with Gasteiger partial charge < -0.3 is 9.09 Å². The number of rotatable bonds is 1. The summed E-state index contributed by atoms with van der Waals surface area (Å²) in [5.41, 5.74) is 5.26. The predicted octanol–water partition coefficient (Wildman–Crippen LogP) is 3.45. The van der Waals surface area contributed by atoms with Crippen molar-refractivity contribution in [1.82, 2.24) is 14.7 Å². The molecule has 3 rings (SSSR count). The molecular weight excluding hydrogens is 341 g/mol. The highest BCUT2D eigenvalue weighted by atomic mass is 127. The van der Waals surface area contributed by atoms with Crippen molar-refractivity contribution in [1.29, 1.82) is 0 Å². The molecule has 0 aliphatic rings. The number of hydrogen-bond donors (Lipinski definition) is 0. The SMILES string of the molecule is Cc1noc(C)c1-c1cc(I)c2c(c1)ncn2C. The van der Waals surface area contributed by atoms with Crippen molar-refractivity contribution in [2.45, 2.75) is 13.8 Å². The molecule has 0 amide bonds. The van der Waals surface area contributed by atoms with Crippen molar-refractivity contribution in [3.63, 3.8) is 0 Å². The summed E-state index contributed by atoms with van der Waals surface area (Å²) in [4.78, 5) is 4.42. The van der Waals surface area contributed by atoms with Crippen LogP contribution in [-0.4, -0.2) is 14.7 Å². The van der Waals surface area contributed by atoms with Gasteiger partial charge in [0.1, 0.15) is 5.76 Å². The van der Waals surface area contributed by atoms with Gasteiger partial charge in [0.05, 0.1) is 23.1 Å². The molecule has 1 aromatic carbocycles. The first-order valence-corrected chi connectivity index (χ1v) is 6.69. The molecule has 0 aliphatic carbocycles. The van der Waals surface area contributed by atoms with Crippen LogP contribution in [0.1, 0.15) is 11.5 Å². The fraction of sp³-hybridized carbons (Fsp3) is 0.231. The monoisotopic (exact) mass is 353 g/mol. The van der Waals surface area contributed by atoms with Gasteiger partial charge in [0.2, 0.25) is 0 Å². The third-order valence-corrected chi connectivity index (χ3v) is 3.91. The van der Waals surface area contributed by atoms with E-state index in [9.17, 15) is 0 Å². The molecule has 4 nitrogen and oxygen atoms in total. The van der Waals surface area contributed by atoms with E-state index in [0.717, 1.165) is 33.6 Å². The van der Waals surface area contributed by atoms with E-state index in [2.05, 4.69) is 44.9 Å². The molecule has 2 aromatic heterocycles. The molecule has 0 aliphatic heterocycles. The van der Waals surface area contributed by atoms with Crippen molar-refractivity contribution in [2.75, 3.05) is 0 Å². The quantitative estimate of drug-likeness (QED) is 0.630. The standard InChI is InChI=1S/C13H12IN3O/c1-7-12(8(2)18-16-7)9-4-10(14)13-11(5-9)15-6-17(13)3/h4-6H,1-3H3. The molecule has 0 unspecified atom stereocenters. The Morgan fingerprint density at radius 3 is 2.72 bits per heavy atom. The molecular formula is C13H12IN3O. The molecule has 0 atom stereocenters. The Bertz CT molecular complexity index is 723. The maximum atomic E-state index is 5.23. The third kappa shape index (κ3) is 1.65. The number of halogens is 1. The normalized spacial score (nSPS) is 11.3. The Balaban J connectivity index is 2.32. The largest absolute Gasteiger partial charge is 0.361 e. The molecule has 0 N–H and O–H groups in total. The van der Waals surface area contributed by atoms with Crippen LogP contribution in [0.15, 0.2) is 23.0 Å². The van der Waals surface area contributed by atoms with E-state index in [1.807, 2.05) is 31.8 Å². The van der Waals surface area contributed by atoms with Gasteiger partial charge in [-0.2, -0.15) is 0 Å². The minimum absolute atomic E-state index is 0.846. The van der Waals surface area contributed by atoms with E-state index in [1.54, 1.807) is 0 Å². The summed E-state index contributed by atoms with van der Waals surface area (Å²) in [6.07, 6.45) is 1.84. The van der Waals surface area contributed by atoms with Crippen LogP contribution in [0.5, 0.6) is 0 Å². The van der Waals surface area contributed by atoms with Crippen molar-refractivity contribution in [3.8, 4) is 11.1 Å². The van der Waals surface area contributed by atoms with E-state index in [1.165, 1.54) is 3.57 Å². The summed E-state index contributed by atoms with van der Waals surface area (Å²) in [7, 11) is 2.01. The van der Waals surface area contributed by atoms with Crippen LogP contribution in [0.4, 0.5) is 0 Å². The predicted molar refractivity (Wildman–Crippen MR) is 78.4 cm³/mol. The zero-order chi connectivity index (χ0) is 12.9. The Morgan fingerprint density at radius 1 is 1.28 bits per heavy atom. The fourth-order valence-corrected chi connectivity index (χ4v) is 3.27. The van der Waals surface area contributed by atoms with E-state index in [0.29, 0.717) is 0 Å². The second-order valence-electron chi connectivity index (χ2n) is 4.38. The molecule has 2 heterocycles. The first-order chi connectivity index (χ1) is 8.58. The minimum atomic E-state index is 0.846. The first kappa shape index (κ1) is 11.7. The van der Waals surface area contributed by atoms with Crippen molar-refractivity contribution in [3.05, 3.63) is 33.5 Å². The number of aryl methyl sites for hydroxylation is 3. The third-order valence-electron chi connectivity index (χ3n) is 3.09. The first-order valence-electron chi connectivity index (χ1n) is 5.61. The molecule has 92 valence electrons. The lowest BCUT2D eigenvalue weighted by Crippen LogP contribution is -1.89. The number of benzene rings is 1. The second-order valence-corrected chi connectivity index (χ2v) is 5.54. The van der Waals surface area contributed by atoms with Crippen LogP contribution >= 0.6 is 22.6 Å². The maximum absolute atomic E-state index is 5.23. The lowest BCUT2D eigenvalue weighted by molar-refractivity contribution is 0.393. The lowest BCUT2D eigenvalue weighted by Gasteiger charge is -2.04. The van der Waals surface area contributed by atoms with Gasteiger partial charge in [-0.15, -0.1) is 0 Å². The average Bonchev–Trinajstić information content (AvgIpc) is 2.83. The Morgan fingerprint density at radius 2 is 2.06 bits per heavy atom. The van der Waals surface area contributed by atoms with Crippen LogP contribution in [0.2, 0.25) is 0 Å². The van der Waals surface area contributed by atoms with Gasteiger partial charge in [-0.3, -0.25) is 0 Å². The smallest absolute Gasteiger partial charge is 0.141 e. The Kier molecular flexibility index (Phi) is 2.65. The summed E-state index contributed by atoms with van der Waals surface area (Å²) in [5.74, 6) is 0.846. The van der Waals surface area contributed by atoms with Crippen LogP contribution < -0.4 is 0 Å². The van der Waals surface area contributed by atoms with Gasteiger partial charge in [0, 0.05) is 16.2 Å². The molecule has 0 radical (unpaired) electrons. The van der Waals surface area contributed by atoms with Crippen LogP contribution in [0.3, 0.4) is 0 Å².